The van der Waals surface area contributed by atoms with Gasteiger partial charge in [0.2, 0.25) is 0 Å². The van der Waals surface area contributed by atoms with Gasteiger partial charge in [0.1, 0.15) is 11.4 Å². The standard InChI is InChI=1S/C18H19N3O2/c1-23-12-13-2-4-15(5-3-13)21-9-7-18(22)10-14-6-8-19-11-16(14)20-17(18)21/h2-6,8,11,22H,7,9-10,12H2,1H3. The lowest BCUT2D eigenvalue weighted by atomic mass is 9.90. The fourth-order valence-corrected chi connectivity index (χ4v) is 3.38. The average molecular weight is 309 g/mol. The molecule has 2 aliphatic heterocycles. The maximum Gasteiger partial charge on any atom is 0.142 e. The SMILES string of the molecule is COCc1ccc(N2CCC3(O)Cc4ccncc4N=C23)cc1. The molecule has 3 heterocycles. The summed E-state index contributed by atoms with van der Waals surface area (Å²) in [5.74, 6) is 0.734. The zero-order valence-electron chi connectivity index (χ0n) is 13.1. The highest BCUT2D eigenvalue weighted by Gasteiger charge is 2.45. The van der Waals surface area contributed by atoms with Crippen LogP contribution in [0.2, 0.25) is 0 Å². The topological polar surface area (TPSA) is 58.0 Å². The minimum Gasteiger partial charge on any atom is -0.381 e. The molecule has 1 saturated heterocycles. The molecule has 1 unspecified atom stereocenters. The number of fused-ring (bicyclic) bond motifs is 2. The number of amidine groups is 1. The first-order chi connectivity index (χ1) is 11.2. The van der Waals surface area contributed by atoms with E-state index < -0.39 is 5.60 Å². The third-order valence-corrected chi connectivity index (χ3v) is 4.58. The quantitative estimate of drug-likeness (QED) is 0.946. The van der Waals surface area contributed by atoms with E-state index in [1.165, 1.54) is 0 Å². The molecule has 2 aliphatic rings. The van der Waals surface area contributed by atoms with Crippen molar-refractivity contribution in [3.8, 4) is 0 Å². The van der Waals surface area contributed by atoms with Crippen molar-refractivity contribution in [1.29, 1.82) is 0 Å². The van der Waals surface area contributed by atoms with E-state index in [0.717, 1.165) is 34.9 Å². The highest BCUT2D eigenvalue weighted by molar-refractivity contribution is 6.08. The first-order valence-corrected chi connectivity index (χ1v) is 7.79. The van der Waals surface area contributed by atoms with Crippen LogP contribution in [-0.2, 0) is 17.8 Å². The van der Waals surface area contributed by atoms with E-state index in [1.807, 2.05) is 6.07 Å². The summed E-state index contributed by atoms with van der Waals surface area (Å²) in [5, 5.41) is 11.0. The predicted molar refractivity (Wildman–Crippen MR) is 89.1 cm³/mol. The summed E-state index contributed by atoms with van der Waals surface area (Å²) in [6.45, 7) is 1.37. The Labute approximate surface area is 135 Å². The minimum absolute atomic E-state index is 0.599. The molecule has 0 radical (unpaired) electrons. The van der Waals surface area contributed by atoms with Crippen LogP contribution in [0, 0.1) is 0 Å². The van der Waals surface area contributed by atoms with E-state index in [0.29, 0.717) is 19.4 Å². The van der Waals surface area contributed by atoms with Gasteiger partial charge in [-0.3, -0.25) is 4.98 Å². The molecular formula is C18H19N3O2. The van der Waals surface area contributed by atoms with Gasteiger partial charge in [-0.1, -0.05) is 12.1 Å². The maximum absolute atomic E-state index is 11.0. The van der Waals surface area contributed by atoms with Gasteiger partial charge in [0.15, 0.2) is 0 Å². The highest BCUT2D eigenvalue weighted by Crippen LogP contribution is 2.38. The molecule has 0 spiro atoms. The van der Waals surface area contributed by atoms with Gasteiger partial charge in [0.25, 0.3) is 0 Å². The number of hydrogen-bond acceptors (Lipinski definition) is 5. The highest BCUT2D eigenvalue weighted by atomic mass is 16.5. The van der Waals surface area contributed by atoms with Crippen molar-refractivity contribution in [2.45, 2.75) is 25.0 Å². The number of aliphatic hydroxyl groups is 1. The molecular weight excluding hydrogens is 290 g/mol. The van der Waals surface area contributed by atoms with E-state index in [-0.39, 0.29) is 0 Å². The molecule has 1 N–H and O–H groups in total. The molecule has 2 aromatic rings. The molecule has 1 aromatic heterocycles. The molecule has 1 aromatic carbocycles. The van der Waals surface area contributed by atoms with Crippen LogP contribution in [0.15, 0.2) is 47.7 Å². The van der Waals surface area contributed by atoms with Crippen LogP contribution in [0.3, 0.4) is 0 Å². The first kappa shape index (κ1) is 14.4. The van der Waals surface area contributed by atoms with E-state index >= 15 is 0 Å². The lowest BCUT2D eigenvalue weighted by Crippen LogP contribution is -2.43. The summed E-state index contributed by atoms with van der Waals surface area (Å²) in [7, 11) is 1.69. The van der Waals surface area contributed by atoms with Crippen molar-refractivity contribution in [1.82, 2.24) is 4.98 Å². The summed E-state index contributed by atoms with van der Waals surface area (Å²) < 4.78 is 5.15. The van der Waals surface area contributed by atoms with Gasteiger partial charge in [-0.15, -0.1) is 0 Å². The van der Waals surface area contributed by atoms with Crippen molar-refractivity contribution in [2.75, 3.05) is 18.6 Å². The van der Waals surface area contributed by atoms with Crippen molar-refractivity contribution in [3.05, 3.63) is 53.9 Å². The largest absolute Gasteiger partial charge is 0.381 e. The second kappa shape index (κ2) is 5.44. The van der Waals surface area contributed by atoms with Gasteiger partial charge < -0.3 is 14.7 Å². The minimum atomic E-state index is -0.875. The van der Waals surface area contributed by atoms with Crippen molar-refractivity contribution >= 4 is 17.2 Å². The molecule has 1 fully saturated rings. The first-order valence-electron chi connectivity index (χ1n) is 7.79. The Hall–Kier alpha value is -2.24. The summed E-state index contributed by atoms with van der Waals surface area (Å²) >= 11 is 0. The molecule has 5 nitrogen and oxygen atoms in total. The summed E-state index contributed by atoms with van der Waals surface area (Å²) in [6.07, 6.45) is 4.80. The number of aromatic nitrogens is 1. The zero-order valence-corrected chi connectivity index (χ0v) is 13.1. The van der Waals surface area contributed by atoms with Gasteiger partial charge in [0.05, 0.1) is 18.5 Å². The van der Waals surface area contributed by atoms with E-state index in [2.05, 4.69) is 34.1 Å². The predicted octanol–water partition coefficient (Wildman–Crippen LogP) is 2.46. The number of methoxy groups -OCH3 is 1. The van der Waals surface area contributed by atoms with Crippen molar-refractivity contribution in [3.63, 3.8) is 0 Å². The number of anilines is 1. The van der Waals surface area contributed by atoms with Crippen LogP contribution in [0.1, 0.15) is 17.5 Å². The number of pyridine rings is 1. The molecule has 1 atom stereocenters. The summed E-state index contributed by atoms with van der Waals surface area (Å²) in [6, 6.07) is 10.2. The maximum atomic E-state index is 11.0. The van der Waals surface area contributed by atoms with Gasteiger partial charge in [-0.05, 0) is 29.3 Å². The van der Waals surface area contributed by atoms with Crippen molar-refractivity contribution in [2.24, 2.45) is 4.99 Å². The van der Waals surface area contributed by atoms with Crippen LogP contribution in [-0.4, -0.2) is 35.2 Å². The van der Waals surface area contributed by atoms with E-state index in [1.54, 1.807) is 19.5 Å². The fourth-order valence-electron chi connectivity index (χ4n) is 3.38. The monoisotopic (exact) mass is 309 g/mol. The number of rotatable bonds is 3. The van der Waals surface area contributed by atoms with Gasteiger partial charge in [-0.2, -0.15) is 0 Å². The molecule has 0 amide bonds. The van der Waals surface area contributed by atoms with E-state index in [4.69, 9.17) is 9.73 Å². The number of nitrogens with zero attached hydrogens (tertiary/aromatic N) is 3. The molecule has 0 bridgehead atoms. The van der Waals surface area contributed by atoms with Crippen LogP contribution in [0.4, 0.5) is 11.4 Å². The average Bonchev–Trinajstić information content (AvgIpc) is 2.90. The fraction of sp³-hybridized carbons (Fsp3) is 0.333. The van der Waals surface area contributed by atoms with Crippen LogP contribution < -0.4 is 4.90 Å². The van der Waals surface area contributed by atoms with Crippen LogP contribution >= 0.6 is 0 Å². The van der Waals surface area contributed by atoms with Gasteiger partial charge in [-0.25, -0.2) is 4.99 Å². The third kappa shape index (κ3) is 2.42. The Morgan fingerprint density at radius 1 is 1.26 bits per heavy atom. The molecule has 0 saturated carbocycles. The lowest BCUT2D eigenvalue weighted by molar-refractivity contribution is 0.115. The third-order valence-electron chi connectivity index (χ3n) is 4.58. The molecule has 0 aliphatic carbocycles. The zero-order chi connectivity index (χ0) is 15.9. The summed E-state index contributed by atoms with van der Waals surface area (Å²) in [5.41, 5.74) is 3.22. The number of ether oxygens (including phenoxy) is 1. The Bertz CT molecular complexity index is 757. The number of benzene rings is 1. The molecule has 5 heteroatoms. The Balaban J connectivity index is 1.70. The van der Waals surface area contributed by atoms with Crippen molar-refractivity contribution < 1.29 is 9.84 Å². The molecule has 23 heavy (non-hydrogen) atoms. The van der Waals surface area contributed by atoms with E-state index in [9.17, 15) is 5.11 Å². The van der Waals surface area contributed by atoms with Gasteiger partial charge >= 0.3 is 0 Å². The number of aliphatic imine (C=N–C) groups is 1. The smallest absolute Gasteiger partial charge is 0.142 e. The molecule has 4 rings (SSSR count). The Morgan fingerprint density at radius 2 is 2.09 bits per heavy atom. The normalized spacial score (nSPS) is 22.5. The Kier molecular flexibility index (Phi) is 3.39. The molecule has 118 valence electrons. The van der Waals surface area contributed by atoms with Crippen LogP contribution in [0.25, 0.3) is 0 Å². The summed E-state index contributed by atoms with van der Waals surface area (Å²) in [4.78, 5) is 10.9. The second-order valence-electron chi connectivity index (χ2n) is 6.15. The second-order valence-corrected chi connectivity index (χ2v) is 6.15. The van der Waals surface area contributed by atoms with Gasteiger partial charge in [0, 0.05) is 38.4 Å². The lowest BCUT2D eigenvalue weighted by Gasteiger charge is -2.30. The number of hydrogen-bond donors (Lipinski definition) is 1. The Morgan fingerprint density at radius 3 is 2.87 bits per heavy atom. The van der Waals surface area contributed by atoms with Crippen LogP contribution in [0.5, 0.6) is 0 Å².